The number of rotatable bonds is 1. The molecule has 1 aromatic rings. The van der Waals surface area contributed by atoms with Crippen molar-refractivity contribution in [1.29, 1.82) is 0 Å². The minimum absolute atomic E-state index is 0. The average Bonchev–Trinajstić information content (AvgIpc) is 1.90. The normalized spacial score (nSPS) is 8.20. The Labute approximate surface area is 66.5 Å². The Kier molecular flexibility index (Phi) is 3.72. The van der Waals surface area contributed by atoms with Crippen LogP contribution in [0.1, 0.15) is 0 Å². The third-order valence-electron chi connectivity index (χ3n) is 1.02. The second-order valence-corrected chi connectivity index (χ2v) is 1.96. The Balaban J connectivity index is 0.000000810. The van der Waals surface area contributed by atoms with Crippen molar-refractivity contribution in [3.8, 4) is 0 Å². The van der Waals surface area contributed by atoms with Crippen molar-refractivity contribution in [2.45, 2.75) is 0 Å². The molecule has 0 aromatic carbocycles. The first-order valence-corrected chi connectivity index (χ1v) is 2.74. The maximum absolute atomic E-state index is 3.99. The van der Waals surface area contributed by atoms with Crippen LogP contribution in [-0.2, 0) is 0 Å². The first-order valence-electron chi connectivity index (χ1n) is 2.74. The summed E-state index contributed by atoms with van der Waals surface area (Å²) in [6.07, 6.45) is 3.26. The zero-order valence-corrected chi connectivity index (χ0v) is 6.80. The molecule has 10 heavy (non-hydrogen) atoms. The smallest absolute Gasteiger partial charge is 0.131 e. The molecule has 0 radical (unpaired) electrons. The summed E-state index contributed by atoms with van der Waals surface area (Å²) >= 11 is 0. The van der Waals surface area contributed by atoms with Crippen LogP contribution in [0.15, 0.2) is 18.6 Å². The van der Waals surface area contributed by atoms with Gasteiger partial charge in [0.1, 0.15) is 12.1 Å². The second kappa shape index (κ2) is 4.06. The molecule has 3 nitrogen and oxygen atoms in total. The molecule has 1 aromatic heterocycles. The van der Waals surface area contributed by atoms with Crippen LogP contribution in [0.2, 0.25) is 0 Å². The van der Waals surface area contributed by atoms with E-state index in [4.69, 9.17) is 0 Å². The first-order chi connectivity index (χ1) is 4.30. The van der Waals surface area contributed by atoms with Gasteiger partial charge in [-0.25, -0.2) is 9.97 Å². The summed E-state index contributed by atoms with van der Waals surface area (Å²) in [5.74, 6) is 0.935. The molecule has 0 fully saturated rings. The predicted octanol–water partition coefficient (Wildman–Crippen LogP) is 0.964. The maximum atomic E-state index is 3.99. The van der Waals surface area contributed by atoms with Crippen molar-refractivity contribution in [2.24, 2.45) is 0 Å². The summed E-state index contributed by atoms with van der Waals surface area (Å²) < 4.78 is 0. The Bertz CT molecular complexity index is 176. The average molecular weight is 160 g/mol. The molecule has 0 atom stereocenters. The zero-order chi connectivity index (χ0) is 6.69. The van der Waals surface area contributed by atoms with E-state index < -0.39 is 0 Å². The van der Waals surface area contributed by atoms with Gasteiger partial charge in [0.05, 0.1) is 0 Å². The van der Waals surface area contributed by atoms with Gasteiger partial charge in [-0.05, 0) is 6.07 Å². The second-order valence-electron chi connectivity index (χ2n) is 1.96. The molecule has 0 aliphatic rings. The van der Waals surface area contributed by atoms with Gasteiger partial charge >= 0.3 is 0 Å². The summed E-state index contributed by atoms with van der Waals surface area (Å²) in [7, 11) is 3.89. The SMILES string of the molecule is CN(C)c1ccncn1.Cl. The summed E-state index contributed by atoms with van der Waals surface area (Å²) in [6.45, 7) is 0. The number of anilines is 1. The van der Waals surface area contributed by atoms with Gasteiger partial charge in [-0.1, -0.05) is 0 Å². The minimum atomic E-state index is 0. The predicted molar refractivity (Wildman–Crippen MR) is 43.6 cm³/mol. The third kappa shape index (κ3) is 2.19. The zero-order valence-electron chi connectivity index (χ0n) is 5.98. The van der Waals surface area contributed by atoms with Gasteiger partial charge in [0, 0.05) is 20.3 Å². The van der Waals surface area contributed by atoms with Crippen molar-refractivity contribution in [3.05, 3.63) is 18.6 Å². The van der Waals surface area contributed by atoms with E-state index in [1.54, 1.807) is 6.20 Å². The van der Waals surface area contributed by atoms with E-state index in [1.165, 1.54) is 6.33 Å². The van der Waals surface area contributed by atoms with E-state index in [1.807, 2.05) is 25.1 Å². The fourth-order valence-electron chi connectivity index (χ4n) is 0.548. The van der Waals surface area contributed by atoms with Crippen molar-refractivity contribution in [3.63, 3.8) is 0 Å². The van der Waals surface area contributed by atoms with Crippen molar-refractivity contribution in [2.75, 3.05) is 19.0 Å². The maximum Gasteiger partial charge on any atom is 0.131 e. The Morgan fingerprint density at radius 3 is 2.40 bits per heavy atom. The number of nitrogens with zero attached hydrogens (tertiary/aromatic N) is 3. The molecule has 0 aliphatic carbocycles. The van der Waals surface area contributed by atoms with Crippen LogP contribution in [0.4, 0.5) is 5.82 Å². The molecule has 0 unspecified atom stereocenters. The molecule has 0 aliphatic heterocycles. The molecule has 0 saturated carbocycles. The molecule has 0 bridgehead atoms. The first kappa shape index (κ1) is 9.17. The standard InChI is InChI=1S/C6H9N3.ClH/c1-9(2)6-3-4-7-5-8-6;/h3-5H,1-2H3;1H. The van der Waals surface area contributed by atoms with Crippen LogP contribution in [-0.4, -0.2) is 24.1 Å². The van der Waals surface area contributed by atoms with E-state index in [0.29, 0.717) is 0 Å². The summed E-state index contributed by atoms with van der Waals surface area (Å²) in [6, 6.07) is 1.86. The lowest BCUT2D eigenvalue weighted by Gasteiger charge is -2.08. The fourth-order valence-corrected chi connectivity index (χ4v) is 0.548. The molecule has 56 valence electrons. The van der Waals surface area contributed by atoms with Gasteiger partial charge < -0.3 is 4.90 Å². The van der Waals surface area contributed by atoms with Gasteiger partial charge in [-0.15, -0.1) is 12.4 Å². The lowest BCUT2D eigenvalue weighted by molar-refractivity contribution is 1.04. The largest absolute Gasteiger partial charge is 0.363 e. The van der Waals surface area contributed by atoms with E-state index in [2.05, 4.69) is 9.97 Å². The fraction of sp³-hybridized carbons (Fsp3) is 0.333. The van der Waals surface area contributed by atoms with Gasteiger partial charge in [-0.3, -0.25) is 0 Å². The quantitative estimate of drug-likeness (QED) is 0.612. The minimum Gasteiger partial charge on any atom is -0.363 e. The highest BCUT2D eigenvalue weighted by Crippen LogP contribution is 2.00. The number of hydrogen-bond acceptors (Lipinski definition) is 3. The van der Waals surface area contributed by atoms with Crippen LogP contribution in [0.25, 0.3) is 0 Å². The molecule has 1 rings (SSSR count). The Morgan fingerprint density at radius 1 is 1.40 bits per heavy atom. The van der Waals surface area contributed by atoms with Gasteiger partial charge in [-0.2, -0.15) is 0 Å². The highest BCUT2D eigenvalue weighted by Gasteiger charge is 1.90. The van der Waals surface area contributed by atoms with Gasteiger partial charge in [0.2, 0.25) is 0 Å². The molecule has 1 heterocycles. The summed E-state index contributed by atoms with van der Waals surface area (Å²) in [4.78, 5) is 9.72. The third-order valence-corrected chi connectivity index (χ3v) is 1.02. The van der Waals surface area contributed by atoms with E-state index in [9.17, 15) is 0 Å². The number of halogens is 1. The van der Waals surface area contributed by atoms with E-state index in [0.717, 1.165) is 5.82 Å². The molecule has 4 heteroatoms. The lowest BCUT2D eigenvalue weighted by atomic mass is 10.5. The summed E-state index contributed by atoms with van der Waals surface area (Å²) in [5, 5.41) is 0. The Hall–Kier alpha value is -0.830. The molecule has 0 amide bonds. The lowest BCUT2D eigenvalue weighted by Crippen LogP contribution is -2.09. The monoisotopic (exact) mass is 159 g/mol. The number of aromatic nitrogens is 2. The van der Waals surface area contributed by atoms with E-state index >= 15 is 0 Å². The molecule has 0 spiro atoms. The van der Waals surface area contributed by atoms with Crippen LogP contribution in [0.5, 0.6) is 0 Å². The Morgan fingerprint density at radius 2 is 2.10 bits per heavy atom. The van der Waals surface area contributed by atoms with Crippen molar-refractivity contribution in [1.82, 2.24) is 9.97 Å². The van der Waals surface area contributed by atoms with Crippen LogP contribution in [0, 0.1) is 0 Å². The molecular weight excluding hydrogens is 150 g/mol. The summed E-state index contributed by atoms with van der Waals surface area (Å²) in [5.41, 5.74) is 0. The van der Waals surface area contributed by atoms with Crippen molar-refractivity contribution < 1.29 is 0 Å². The van der Waals surface area contributed by atoms with Gasteiger partial charge in [0.25, 0.3) is 0 Å². The van der Waals surface area contributed by atoms with Crippen LogP contribution in [0.3, 0.4) is 0 Å². The molecular formula is C6H10ClN3. The van der Waals surface area contributed by atoms with E-state index in [-0.39, 0.29) is 12.4 Å². The molecule has 0 saturated heterocycles. The topological polar surface area (TPSA) is 29.0 Å². The van der Waals surface area contributed by atoms with Crippen LogP contribution >= 0.6 is 12.4 Å². The molecule has 0 N–H and O–H groups in total. The number of hydrogen-bond donors (Lipinski definition) is 0. The van der Waals surface area contributed by atoms with Gasteiger partial charge in [0.15, 0.2) is 0 Å². The highest BCUT2D eigenvalue weighted by atomic mass is 35.5. The van der Waals surface area contributed by atoms with Crippen molar-refractivity contribution >= 4 is 18.2 Å². The van der Waals surface area contributed by atoms with Crippen LogP contribution < -0.4 is 4.90 Å². The highest BCUT2D eigenvalue weighted by molar-refractivity contribution is 5.85.